The fourth-order valence-electron chi connectivity index (χ4n) is 16.3. The SMILES string of the molecule is C=CC1(C)CCC(C(C)C)C([Si](O[Si](O[Si](C=C)(C=C)C=C)(C2CC(C)CCC2C(C)C)C2CC(C)CCC2C(C)C)(C2CC(C)CCC2C(C)C)C2CC(C)CCC2C(C)C)C1. The molecule has 0 saturated heterocycles. The summed E-state index contributed by atoms with van der Waals surface area (Å²) in [6.07, 6.45) is 22.1. The first kappa shape index (κ1) is 53.5. The van der Waals surface area contributed by atoms with Gasteiger partial charge in [-0.05, 0) is 176 Å². The van der Waals surface area contributed by atoms with Crippen LogP contribution in [0.1, 0.15) is 200 Å². The number of allylic oxidation sites excluding steroid dienone is 1. The Labute approximate surface area is 397 Å². The summed E-state index contributed by atoms with van der Waals surface area (Å²) in [4.78, 5) is 0. The molecular weight excluding hydrogens is 813 g/mol. The number of hydrogen-bond donors (Lipinski definition) is 0. The summed E-state index contributed by atoms with van der Waals surface area (Å²) < 4.78 is 18.9. The second kappa shape index (κ2) is 21.9. The van der Waals surface area contributed by atoms with Crippen LogP contribution < -0.4 is 0 Å². The van der Waals surface area contributed by atoms with Crippen LogP contribution in [0.5, 0.6) is 0 Å². The van der Waals surface area contributed by atoms with Gasteiger partial charge < -0.3 is 8.23 Å². The Morgan fingerprint density at radius 1 is 0.444 bits per heavy atom. The van der Waals surface area contributed by atoms with Crippen LogP contribution in [0.15, 0.2) is 49.5 Å². The summed E-state index contributed by atoms with van der Waals surface area (Å²) in [7, 11) is -9.18. The topological polar surface area (TPSA) is 18.5 Å². The van der Waals surface area contributed by atoms with Gasteiger partial charge in [0.05, 0.1) is 0 Å². The van der Waals surface area contributed by atoms with Crippen molar-refractivity contribution >= 4 is 25.2 Å². The lowest BCUT2D eigenvalue weighted by Crippen LogP contribution is -2.71. The maximum absolute atomic E-state index is 10.0. The number of rotatable bonds is 18. The molecule has 63 heavy (non-hydrogen) atoms. The minimum Gasteiger partial charge on any atom is -0.435 e. The minimum absolute atomic E-state index is 0.117. The number of hydrogen-bond acceptors (Lipinski definition) is 2. The maximum Gasteiger partial charge on any atom is 0.325 e. The highest BCUT2D eigenvalue weighted by Crippen LogP contribution is 2.70. The van der Waals surface area contributed by atoms with Gasteiger partial charge >= 0.3 is 8.56 Å². The van der Waals surface area contributed by atoms with Gasteiger partial charge in [-0.1, -0.05) is 153 Å². The van der Waals surface area contributed by atoms with Gasteiger partial charge in [0.1, 0.15) is 0 Å². The van der Waals surface area contributed by atoms with Crippen LogP contribution >= 0.6 is 0 Å². The largest absolute Gasteiger partial charge is 0.435 e. The third kappa shape index (κ3) is 11.0. The van der Waals surface area contributed by atoms with Crippen molar-refractivity contribution in [2.24, 2.45) is 88.3 Å². The highest BCUT2D eigenvalue weighted by atomic mass is 28.5. The van der Waals surface area contributed by atoms with E-state index in [1.165, 1.54) is 96.3 Å². The van der Waals surface area contributed by atoms with Crippen molar-refractivity contribution in [2.75, 3.05) is 0 Å². The van der Waals surface area contributed by atoms with Gasteiger partial charge in [0, 0.05) is 11.1 Å². The average Bonchev–Trinajstić information content (AvgIpc) is 3.23. The monoisotopic (exact) mass is 919 g/mol. The van der Waals surface area contributed by atoms with Crippen LogP contribution in [0.4, 0.5) is 0 Å². The van der Waals surface area contributed by atoms with Gasteiger partial charge in [0.15, 0.2) is 8.32 Å². The fraction of sp³-hybridized carbons (Fsp3) is 0.862. The van der Waals surface area contributed by atoms with E-state index in [1.807, 2.05) is 0 Å². The lowest BCUT2D eigenvalue weighted by molar-refractivity contribution is 0.113. The third-order valence-corrected chi connectivity index (χ3v) is 36.2. The molecule has 5 aliphatic rings. The lowest BCUT2D eigenvalue weighted by atomic mass is 9.68. The Balaban J connectivity index is 2.09. The van der Waals surface area contributed by atoms with E-state index in [-0.39, 0.29) is 5.41 Å². The molecule has 5 heteroatoms. The predicted molar refractivity (Wildman–Crippen MR) is 285 cm³/mol. The van der Waals surface area contributed by atoms with Crippen molar-refractivity contribution in [3.05, 3.63) is 49.5 Å². The predicted octanol–water partition coefficient (Wildman–Crippen LogP) is 18.4. The average molecular weight is 920 g/mol. The van der Waals surface area contributed by atoms with E-state index in [0.717, 1.165) is 11.8 Å². The fourth-order valence-corrected chi connectivity index (χ4v) is 38.9. The van der Waals surface area contributed by atoms with Crippen LogP contribution in [-0.2, 0) is 8.23 Å². The Morgan fingerprint density at radius 2 is 0.762 bits per heavy atom. The lowest BCUT2D eigenvalue weighted by Gasteiger charge is -2.66. The van der Waals surface area contributed by atoms with Gasteiger partial charge in [-0.15, -0.1) is 26.3 Å². The first-order valence-electron chi connectivity index (χ1n) is 27.5. The highest BCUT2D eigenvalue weighted by molar-refractivity contribution is 6.97. The Kier molecular flexibility index (Phi) is 18.6. The molecule has 2 nitrogen and oxygen atoms in total. The molecule has 0 N–H and O–H groups in total. The second-order valence-electron chi connectivity index (χ2n) is 26.1. The molecule has 0 radical (unpaired) electrons. The van der Waals surface area contributed by atoms with Crippen molar-refractivity contribution in [1.29, 1.82) is 0 Å². The summed E-state index contributed by atoms with van der Waals surface area (Å²) in [5.74, 6) is 9.08. The molecule has 15 atom stereocenters. The quantitative estimate of drug-likeness (QED) is 0.101. The molecular formula is C58H106O2Si3. The molecule has 0 heterocycles. The van der Waals surface area contributed by atoms with Crippen LogP contribution in [0, 0.1) is 88.3 Å². The van der Waals surface area contributed by atoms with Gasteiger partial charge in [-0.3, -0.25) is 0 Å². The third-order valence-electron chi connectivity index (χ3n) is 20.1. The molecule has 0 bridgehead atoms. The first-order valence-corrected chi connectivity index (χ1v) is 33.8. The molecule has 0 aliphatic heterocycles. The zero-order chi connectivity index (χ0) is 46.8. The van der Waals surface area contributed by atoms with Gasteiger partial charge in [-0.2, -0.15) is 0 Å². The first-order chi connectivity index (χ1) is 29.6. The molecule has 5 aliphatic carbocycles. The minimum atomic E-state index is -3.32. The summed E-state index contributed by atoms with van der Waals surface area (Å²) in [6.45, 7) is 57.8. The molecule has 5 rings (SSSR count). The van der Waals surface area contributed by atoms with E-state index in [4.69, 9.17) is 4.12 Å². The molecule has 0 aromatic heterocycles. The molecule has 0 amide bonds. The second-order valence-corrected chi connectivity index (χ2v) is 37.5. The molecule has 5 fully saturated rings. The molecule has 362 valence electrons. The zero-order valence-electron chi connectivity index (χ0n) is 44.5. The van der Waals surface area contributed by atoms with Crippen molar-refractivity contribution in [3.8, 4) is 0 Å². The van der Waals surface area contributed by atoms with Gasteiger partial charge in [0.25, 0.3) is 8.32 Å². The van der Waals surface area contributed by atoms with E-state index in [1.54, 1.807) is 0 Å². The van der Waals surface area contributed by atoms with Crippen molar-refractivity contribution in [2.45, 2.75) is 228 Å². The Bertz CT molecular complexity index is 1410. The smallest absolute Gasteiger partial charge is 0.325 e. The Morgan fingerprint density at radius 3 is 1.08 bits per heavy atom. The van der Waals surface area contributed by atoms with Crippen LogP contribution in [-0.4, -0.2) is 25.2 Å². The summed E-state index contributed by atoms with van der Waals surface area (Å²) in [5.41, 5.74) is 9.49. The molecule has 5 saturated carbocycles. The van der Waals surface area contributed by atoms with Crippen molar-refractivity contribution in [3.63, 3.8) is 0 Å². The molecule has 15 unspecified atom stereocenters. The van der Waals surface area contributed by atoms with Crippen LogP contribution in [0.3, 0.4) is 0 Å². The zero-order valence-corrected chi connectivity index (χ0v) is 47.5. The molecule has 0 aromatic carbocycles. The summed E-state index contributed by atoms with van der Waals surface area (Å²) in [5, 5.41) is 0. The normalized spacial score (nSPS) is 40.4. The van der Waals surface area contributed by atoms with Crippen molar-refractivity contribution in [1.82, 2.24) is 0 Å². The molecule has 0 spiro atoms. The van der Waals surface area contributed by atoms with E-state index in [0.29, 0.717) is 98.7 Å². The Hall–Kier alpha value is -0.469. The van der Waals surface area contributed by atoms with Gasteiger partial charge in [0.2, 0.25) is 0 Å². The van der Waals surface area contributed by atoms with E-state index in [2.05, 4.69) is 153 Å². The standard InChI is InChI=1S/C58H106O2Si3/c1-20-58(19)33-32-52(43(13)14)57(38-58)62(53-34-44(15)24-28-48(53)39(5)6,54-35-45(16)25-29-49(54)40(7)8)60-63(59-61(21-2,22-3)23-4,55-36-46(17)26-30-50(55)41(9)10)56-37-47(18)27-31-51(56)42(11)12/h20-23,39-57H,1-4,24-38H2,5-19H3. The van der Waals surface area contributed by atoms with Crippen molar-refractivity contribution < 1.29 is 8.23 Å². The molecule has 0 aromatic rings. The van der Waals surface area contributed by atoms with E-state index < -0.39 is 25.2 Å². The summed E-state index contributed by atoms with van der Waals surface area (Å²) >= 11 is 0. The van der Waals surface area contributed by atoms with E-state index in [9.17, 15) is 4.12 Å². The van der Waals surface area contributed by atoms with E-state index >= 15 is 0 Å². The van der Waals surface area contributed by atoms with Crippen LogP contribution in [0.2, 0.25) is 27.7 Å². The van der Waals surface area contributed by atoms with Gasteiger partial charge in [-0.25, -0.2) is 0 Å². The summed E-state index contributed by atoms with van der Waals surface area (Å²) in [6, 6.07) is 0. The van der Waals surface area contributed by atoms with Crippen LogP contribution in [0.25, 0.3) is 0 Å². The maximum atomic E-state index is 10.0. The highest BCUT2D eigenvalue weighted by Gasteiger charge is 2.71.